The van der Waals surface area contributed by atoms with Crippen molar-refractivity contribution < 1.29 is 4.74 Å². The van der Waals surface area contributed by atoms with Gasteiger partial charge in [-0.25, -0.2) is 14.6 Å². The van der Waals surface area contributed by atoms with E-state index in [0.717, 1.165) is 11.5 Å². The molecule has 0 N–H and O–H groups in total. The van der Waals surface area contributed by atoms with E-state index in [2.05, 4.69) is 15.0 Å². The fourth-order valence-electron chi connectivity index (χ4n) is 1.72. The number of ether oxygens (including phenoxy) is 1. The summed E-state index contributed by atoms with van der Waals surface area (Å²) in [6, 6.07) is 0. The highest BCUT2D eigenvalue weighted by atomic mass is 35.5. The van der Waals surface area contributed by atoms with Crippen molar-refractivity contribution in [3.05, 3.63) is 12.2 Å². The molecular formula is C10H14ClN5O. The molecule has 0 aromatic carbocycles. The molecule has 0 bridgehead atoms. The third-order valence-corrected chi connectivity index (χ3v) is 2.56. The molecule has 0 fully saturated rings. The molecule has 92 valence electrons. The van der Waals surface area contributed by atoms with Crippen molar-refractivity contribution in [1.29, 1.82) is 0 Å². The minimum Gasteiger partial charge on any atom is -0.479 e. The second-order valence-corrected chi connectivity index (χ2v) is 4.06. The number of alkyl halides is 1. The number of hydrogen-bond acceptors (Lipinski definition) is 5. The van der Waals surface area contributed by atoms with Crippen molar-refractivity contribution in [3.63, 3.8) is 0 Å². The van der Waals surface area contributed by atoms with Gasteiger partial charge in [0.25, 0.3) is 0 Å². The molecule has 0 atom stereocenters. The zero-order chi connectivity index (χ0) is 12.4. The van der Waals surface area contributed by atoms with Gasteiger partial charge in [-0.05, 0) is 0 Å². The summed E-state index contributed by atoms with van der Waals surface area (Å²) in [4.78, 5) is 12.8. The van der Waals surface area contributed by atoms with E-state index in [1.54, 1.807) is 7.11 Å². The lowest BCUT2D eigenvalue weighted by atomic mass is 10.5. The van der Waals surface area contributed by atoms with Crippen molar-refractivity contribution in [1.82, 2.24) is 19.6 Å². The van der Waals surface area contributed by atoms with Crippen LogP contribution in [0.25, 0.3) is 11.2 Å². The molecule has 0 saturated heterocycles. The van der Waals surface area contributed by atoms with Crippen LogP contribution in [-0.2, 0) is 6.42 Å². The maximum absolute atomic E-state index is 5.77. The van der Waals surface area contributed by atoms with Crippen molar-refractivity contribution >= 4 is 22.8 Å². The fourth-order valence-corrected chi connectivity index (χ4v) is 1.89. The molecule has 2 aromatic rings. The van der Waals surface area contributed by atoms with Gasteiger partial charge in [-0.15, -0.1) is 11.6 Å². The SMILES string of the molecule is COc1ncnc2c1nc(CCCl)n2N(C)C. The number of imidazole rings is 1. The van der Waals surface area contributed by atoms with E-state index in [-0.39, 0.29) is 0 Å². The Morgan fingerprint density at radius 1 is 1.41 bits per heavy atom. The van der Waals surface area contributed by atoms with E-state index < -0.39 is 0 Å². The van der Waals surface area contributed by atoms with Crippen LogP contribution in [-0.4, -0.2) is 46.7 Å². The highest BCUT2D eigenvalue weighted by Gasteiger charge is 2.16. The van der Waals surface area contributed by atoms with E-state index in [0.29, 0.717) is 23.7 Å². The van der Waals surface area contributed by atoms with Crippen LogP contribution >= 0.6 is 11.6 Å². The molecule has 0 saturated carbocycles. The summed E-state index contributed by atoms with van der Waals surface area (Å²) in [5.41, 5.74) is 1.38. The summed E-state index contributed by atoms with van der Waals surface area (Å²) in [6.07, 6.45) is 2.13. The highest BCUT2D eigenvalue weighted by molar-refractivity contribution is 6.17. The number of rotatable bonds is 4. The van der Waals surface area contributed by atoms with Gasteiger partial charge < -0.3 is 9.75 Å². The molecule has 2 aromatic heterocycles. The van der Waals surface area contributed by atoms with Crippen LogP contribution in [0, 0.1) is 0 Å². The normalized spacial score (nSPS) is 10.8. The molecule has 2 heterocycles. The van der Waals surface area contributed by atoms with E-state index in [1.165, 1.54) is 6.33 Å². The number of nitrogens with zero attached hydrogens (tertiary/aromatic N) is 5. The average Bonchev–Trinajstić information content (AvgIpc) is 2.67. The maximum Gasteiger partial charge on any atom is 0.245 e. The predicted molar refractivity (Wildman–Crippen MR) is 66.4 cm³/mol. The molecular weight excluding hydrogens is 242 g/mol. The van der Waals surface area contributed by atoms with Gasteiger partial charge in [0, 0.05) is 26.4 Å². The Labute approximate surface area is 104 Å². The zero-order valence-corrected chi connectivity index (χ0v) is 10.8. The van der Waals surface area contributed by atoms with Gasteiger partial charge in [0.2, 0.25) is 5.88 Å². The predicted octanol–water partition coefficient (Wildman–Crippen LogP) is 0.814. The van der Waals surface area contributed by atoms with E-state index in [9.17, 15) is 0 Å². The van der Waals surface area contributed by atoms with Crippen LogP contribution in [0.3, 0.4) is 0 Å². The molecule has 7 heteroatoms. The van der Waals surface area contributed by atoms with Crippen LogP contribution in [0.2, 0.25) is 0 Å². The van der Waals surface area contributed by atoms with Crippen LogP contribution in [0.1, 0.15) is 5.82 Å². The summed E-state index contributed by atoms with van der Waals surface area (Å²) in [7, 11) is 5.42. The molecule has 0 aliphatic heterocycles. The fraction of sp³-hybridized carbons (Fsp3) is 0.500. The van der Waals surface area contributed by atoms with Crippen LogP contribution in [0.15, 0.2) is 6.33 Å². The second-order valence-electron chi connectivity index (χ2n) is 3.68. The summed E-state index contributed by atoms with van der Waals surface area (Å²) < 4.78 is 7.08. The van der Waals surface area contributed by atoms with Gasteiger partial charge in [0.15, 0.2) is 11.2 Å². The molecule has 2 rings (SSSR count). The van der Waals surface area contributed by atoms with Gasteiger partial charge in [0.1, 0.15) is 12.2 Å². The minimum atomic E-state index is 0.478. The number of aromatic nitrogens is 4. The Kier molecular flexibility index (Phi) is 3.33. The second kappa shape index (κ2) is 4.75. The average molecular weight is 256 g/mol. The number of halogens is 1. The Bertz CT molecular complexity index is 525. The molecule has 0 amide bonds. The number of methoxy groups -OCH3 is 1. The number of aryl methyl sites for hydroxylation is 1. The quantitative estimate of drug-likeness (QED) is 0.757. The van der Waals surface area contributed by atoms with Gasteiger partial charge >= 0.3 is 0 Å². The summed E-state index contributed by atoms with van der Waals surface area (Å²) in [5.74, 6) is 1.83. The number of hydrogen-bond donors (Lipinski definition) is 0. The molecule has 0 aliphatic carbocycles. The Hall–Kier alpha value is -1.56. The highest BCUT2D eigenvalue weighted by Crippen LogP contribution is 2.21. The molecule has 0 spiro atoms. The molecule has 17 heavy (non-hydrogen) atoms. The first-order valence-corrected chi connectivity index (χ1v) is 5.72. The Morgan fingerprint density at radius 3 is 2.76 bits per heavy atom. The van der Waals surface area contributed by atoms with Gasteiger partial charge in [-0.1, -0.05) is 0 Å². The lowest BCUT2D eigenvalue weighted by molar-refractivity contribution is 0.401. The summed E-state index contributed by atoms with van der Waals surface area (Å²) in [5, 5.41) is 1.91. The molecule has 0 radical (unpaired) electrons. The van der Waals surface area contributed by atoms with Crippen molar-refractivity contribution in [2.75, 3.05) is 32.1 Å². The monoisotopic (exact) mass is 255 g/mol. The van der Waals surface area contributed by atoms with Crippen molar-refractivity contribution in [2.24, 2.45) is 0 Å². The first-order chi connectivity index (χ1) is 8.19. The number of fused-ring (bicyclic) bond motifs is 1. The minimum absolute atomic E-state index is 0.478. The molecule has 6 nitrogen and oxygen atoms in total. The van der Waals surface area contributed by atoms with E-state index in [1.807, 2.05) is 23.8 Å². The Morgan fingerprint density at radius 2 is 2.18 bits per heavy atom. The largest absolute Gasteiger partial charge is 0.479 e. The van der Waals surface area contributed by atoms with Gasteiger partial charge in [-0.3, -0.25) is 0 Å². The van der Waals surface area contributed by atoms with E-state index in [4.69, 9.17) is 16.3 Å². The topological polar surface area (TPSA) is 56.1 Å². The Balaban J connectivity index is 2.69. The zero-order valence-electron chi connectivity index (χ0n) is 10.0. The van der Waals surface area contributed by atoms with Crippen molar-refractivity contribution in [2.45, 2.75) is 6.42 Å². The maximum atomic E-state index is 5.77. The molecule has 0 aliphatic rings. The smallest absolute Gasteiger partial charge is 0.245 e. The lowest BCUT2D eigenvalue weighted by Gasteiger charge is -2.16. The van der Waals surface area contributed by atoms with Crippen LogP contribution in [0.4, 0.5) is 0 Å². The third-order valence-electron chi connectivity index (χ3n) is 2.37. The first-order valence-electron chi connectivity index (χ1n) is 5.19. The molecule has 0 unspecified atom stereocenters. The van der Waals surface area contributed by atoms with Gasteiger partial charge in [-0.2, -0.15) is 4.98 Å². The lowest BCUT2D eigenvalue weighted by Crippen LogP contribution is -2.27. The van der Waals surface area contributed by atoms with Gasteiger partial charge in [0.05, 0.1) is 7.11 Å². The van der Waals surface area contributed by atoms with Crippen LogP contribution in [0.5, 0.6) is 5.88 Å². The first kappa shape index (κ1) is 11.9. The van der Waals surface area contributed by atoms with E-state index >= 15 is 0 Å². The third kappa shape index (κ3) is 2.00. The summed E-state index contributed by atoms with van der Waals surface area (Å²) in [6.45, 7) is 0. The standard InChI is InChI=1S/C10H14ClN5O/c1-15(2)16-7(4-5-11)14-8-9(16)12-6-13-10(8)17-3/h6H,4-5H2,1-3H3. The van der Waals surface area contributed by atoms with Crippen LogP contribution < -0.4 is 9.75 Å². The summed E-state index contributed by atoms with van der Waals surface area (Å²) >= 11 is 5.77. The van der Waals surface area contributed by atoms with Crippen molar-refractivity contribution in [3.8, 4) is 5.88 Å².